The predicted molar refractivity (Wildman–Crippen MR) is 76.8 cm³/mol. The first kappa shape index (κ1) is 16.4. The SMILES string of the molecule is Cc1cc(C(=O)N[C@H](C)C(=O)OC(C)(C)C)cc(Cl)n1. The highest BCUT2D eigenvalue weighted by Gasteiger charge is 2.23. The molecule has 0 aliphatic carbocycles. The van der Waals surface area contributed by atoms with Crippen LogP contribution < -0.4 is 5.32 Å². The molecule has 1 amide bonds. The van der Waals surface area contributed by atoms with Crippen LogP contribution in [-0.4, -0.2) is 28.5 Å². The summed E-state index contributed by atoms with van der Waals surface area (Å²) in [5.74, 6) is -0.876. The highest BCUT2D eigenvalue weighted by molar-refractivity contribution is 6.29. The summed E-state index contributed by atoms with van der Waals surface area (Å²) >= 11 is 5.80. The van der Waals surface area contributed by atoms with E-state index in [2.05, 4.69) is 10.3 Å². The van der Waals surface area contributed by atoms with Crippen molar-refractivity contribution in [2.24, 2.45) is 0 Å². The van der Waals surface area contributed by atoms with Crippen molar-refractivity contribution in [3.63, 3.8) is 0 Å². The van der Waals surface area contributed by atoms with Gasteiger partial charge in [-0.2, -0.15) is 0 Å². The second kappa shape index (κ2) is 6.22. The van der Waals surface area contributed by atoms with Gasteiger partial charge in [0, 0.05) is 11.3 Å². The number of carbonyl (C=O) groups is 2. The Hall–Kier alpha value is -1.62. The molecule has 1 aromatic heterocycles. The van der Waals surface area contributed by atoms with Crippen molar-refractivity contribution in [2.45, 2.75) is 46.3 Å². The Kier molecular flexibility index (Phi) is 5.11. The third kappa shape index (κ3) is 5.17. The standard InChI is InChI=1S/C14H19ClN2O3/c1-8-6-10(7-11(15)16-8)12(18)17-9(2)13(19)20-14(3,4)5/h6-7,9H,1-5H3,(H,17,18)/t9-/m1/s1. The summed E-state index contributed by atoms with van der Waals surface area (Å²) in [6, 6.07) is 2.31. The van der Waals surface area contributed by atoms with Crippen molar-refractivity contribution in [1.29, 1.82) is 0 Å². The van der Waals surface area contributed by atoms with E-state index in [1.54, 1.807) is 40.7 Å². The molecule has 20 heavy (non-hydrogen) atoms. The molecular formula is C14H19ClN2O3. The summed E-state index contributed by atoms with van der Waals surface area (Å²) < 4.78 is 5.19. The number of halogens is 1. The Balaban J connectivity index is 2.72. The average Bonchev–Trinajstić information content (AvgIpc) is 2.25. The fourth-order valence-corrected chi connectivity index (χ4v) is 1.74. The minimum absolute atomic E-state index is 0.236. The van der Waals surface area contributed by atoms with Gasteiger partial charge >= 0.3 is 5.97 Å². The molecule has 1 aromatic rings. The van der Waals surface area contributed by atoms with E-state index >= 15 is 0 Å². The van der Waals surface area contributed by atoms with Crippen molar-refractivity contribution >= 4 is 23.5 Å². The van der Waals surface area contributed by atoms with Crippen molar-refractivity contribution in [3.05, 3.63) is 28.5 Å². The van der Waals surface area contributed by atoms with Crippen molar-refractivity contribution in [2.75, 3.05) is 0 Å². The first-order valence-corrected chi connectivity index (χ1v) is 6.64. The van der Waals surface area contributed by atoms with Crippen molar-refractivity contribution in [3.8, 4) is 0 Å². The second-order valence-electron chi connectivity index (χ2n) is 5.55. The molecule has 0 saturated heterocycles. The zero-order chi connectivity index (χ0) is 15.5. The summed E-state index contributed by atoms with van der Waals surface area (Å²) in [7, 11) is 0. The fourth-order valence-electron chi connectivity index (χ4n) is 1.49. The van der Waals surface area contributed by atoms with Crippen LogP contribution in [0.3, 0.4) is 0 Å². The van der Waals surface area contributed by atoms with Crippen molar-refractivity contribution in [1.82, 2.24) is 10.3 Å². The molecule has 0 aliphatic heterocycles. The van der Waals surface area contributed by atoms with Gasteiger partial charge < -0.3 is 10.1 Å². The maximum atomic E-state index is 12.0. The van der Waals surface area contributed by atoms with Gasteiger partial charge in [-0.15, -0.1) is 0 Å². The van der Waals surface area contributed by atoms with Gasteiger partial charge in [-0.05, 0) is 46.8 Å². The molecule has 0 aliphatic rings. The Bertz CT molecular complexity index is 503. The van der Waals surface area contributed by atoms with Crippen LogP contribution >= 0.6 is 11.6 Å². The molecule has 1 N–H and O–H groups in total. The molecule has 0 fully saturated rings. The largest absolute Gasteiger partial charge is 0.458 e. The van der Waals surface area contributed by atoms with Gasteiger partial charge in [-0.25, -0.2) is 9.78 Å². The second-order valence-corrected chi connectivity index (χ2v) is 5.94. The number of pyridine rings is 1. The summed E-state index contributed by atoms with van der Waals surface area (Å²) in [5, 5.41) is 2.81. The molecule has 0 unspecified atom stereocenters. The van der Waals surface area contributed by atoms with Crippen LogP contribution in [0.2, 0.25) is 5.15 Å². The van der Waals surface area contributed by atoms with E-state index in [1.807, 2.05) is 0 Å². The molecule has 6 heteroatoms. The maximum Gasteiger partial charge on any atom is 0.328 e. The molecule has 1 heterocycles. The first-order chi connectivity index (χ1) is 9.08. The molecule has 0 spiro atoms. The van der Waals surface area contributed by atoms with E-state index in [0.29, 0.717) is 11.3 Å². The number of hydrogen-bond donors (Lipinski definition) is 1. The topological polar surface area (TPSA) is 68.3 Å². The number of nitrogens with one attached hydrogen (secondary N) is 1. The zero-order valence-electron chi connectivity index (χ0n) is 12.3. The Morgan fingerprint density at radius 2 is 1.95 bits per heavy atom. The van der Waals surface area contributed by atoms with Gasteiger partial charge in [0.15, 0.2) is 0 Å². The van der Waals surface area contributed by atoms with Crippen LogP contribution in [0.5, 0.6) is 0 Å². The highest BCUT2D eigenvalue weighted by atomic mass is 35.5. The quantitative estimate of drug-likeness (QED) is 0.687. The van der Waals surface area contributed by atoms with Gasteiger partial charge in [0.05, 0.1) is 0 Å². The lowest BCUT2D eigenvalue weighted by Crippen LogP contribution is -2.42. The minimum atomic E-state index is -0.742. The minimum Gasteiger partial charge on any atom is -0.458 e. The van der Waals surface area contributed by atoms with Gasteiger partial charge in [0.1, 0.15) is 16.8 Å². The third-order valence-corrected chi connectivity index (χ3v) is 2.49. The molecule has 0 bridgehead atoms. The monoisotopic (exact) mass is 298 g/mol. The number of esters is 1. The van der Waals surface area contributed by atoms with E-state index in [0.717, 1.165) is 0 Å². The fraction of sp³-hybridized carbons (Fsp3) is 0.500. The van der Waals surface area contributed by atoms with Gasteiger partial charge in [0.25, 0.3) is 5.91 Å². The Morgan fingerprint density at radius 3 is 2.45 bits per heavy atom. The van der Waals surface area contributed by atoms with E-state index in [4.69, 9.17) is 16.3 Å². The third-order valence-electron chi connectivity index (χ3n) is 2.29. The van der Waals surface area contributed by atoms with Gasteiger partial charge in [-0.1, -0.05) is 11.6 Å². The zero-order valence-corrected chi connectivity index (χ0v) is 13.0. The predicted octanol–water partition coefficient (Wildman–Crippen LogP) is 2.50. The summed E-state index contributed by atoms with van der Waals surface area (Å²) in [5.41, 5.74) is 0.401. The van der Waals surface area contributed by atoms with Gasteiger partial charge in [-0.3, -0.25) is 4.79 Å². The number of carbonyl (C=O) groups excluding carboxylic acids is 2. The molecule has 1 atom stereocenters. The Labute approximate surface area is 123 Å². The van der Waals surface area contributed by atoms with Crippen LogP contribution in [0.25, 0.3) is 0 Å². The molecule has 110 valence electrons. The van der Waals surface area contributed by atoms with Crippen LogP contribution in [0.1, 0.15) is 43.7 Å². The first-order valence-electron chi connectivity index (χ1n) is 6.26. The summed E-state index contributed by atoms with van der Waals surface area (Å²) in [6.45, 7) is 8.61. The molecular weight excluding hydrogens is 280 g/mol. The number of hydrogen-bond acceptors (Lipinski definition) is 4. The van der Waals surface area contributed by atoms with Crippen LogP contribution in [0, 0.1) is 6.92 Å². The lowest BCUT2D eigenvalue weighted by Gasteiger charge is -2.22. The molecule has 1 rings (SSSR count). The number of aromatic nitrogens is 1. The van der Waals surface area contributed by atoms with Crippen LogP contribution in [-0.2, 0) is 9.53 Å². The number of amides is 1. The molecule has 0 aromatic carbocycles. The average molecular weight is 299 g/mol. The van der Waals surface area contributed by atoms with Crippen LogP contribution in [0.4, 0.5) is 0 Å². The molecule has 0 saturated carbocycles. The Morgan fingerprint density at radius 1 is 1.35 bits per heavy atom. The lowest BCUT2D eigenvalue weighted by atomic mass is 10.2. The number of nitrogens with zero attached hydrogens (tertiary/aromatic N) is 1. The van der Waals surface area contributed by atoms with Gasteiger partial charge in [0.2, 0.25) is 0 Å². The smallest absolute Gasteiger partial charge is 0.328 e. The van der Waals surface area contributed by atoms with E-state index in [9.17, 15) is 9.59 Å². The molecule has 0 radical (unpaired) electrons. The molecule has 5 nitrogen and oxygen atoms in total. The number of rotatable bonds is 3. The summed E-state index contributed by atoms with van der Waals surface area (Å²) in [4.78, 5) is 27.8. The van der Waals surface area contributed by atoms with Crippen LogP contribution in [0.15, 0.2) is 12.1 Å². The summed E-state index contributed by atoms with van der Waals surface area (Å²) in [6.07, 6.45) is 0. The highest BCUT2D eigenvalue weighted by Crippen LogP contribution is 2.11. The maximum absolute atomic E-state index is 12.0. The van der Waals surface area contributed by atoms with Crippen molar-refractivity contribution < 1.29 is 14.3 Å². The lowest BCUT2D eigenvalue weighted by molar-refractivity contribution is -0.156. The van der Waals surface area contributed by atoms with E-state index in [-0.39, 0.29) is 5.15 Å². The normalized spacial score (nSPS) is 12.7. The van der Waals surface area contributed by atoms with E-state index < -0.39 is 23.5 Å². The number of aryl methyl sites for hydroxylation is 1. The van der Waals surface area contributed by atoms with E-state index in [1.165, 1.54) is 6.07 Å². The number of ether oxygens (including phenoxy) is 1.